The Morgan fingerprint density at radius 3 is 2.44 bits per heavy atom. The second-order valence-electron chi connectivity index (χ2n) is 6.22. The molecule has 2 heteroatoms. The van der Waals surface area contributed by atoms with Gasteiger partial charge >= 0.3 is 0 Å². The fraction of sp³-hybridized carbons (Fsp3) is 1.00. The molecule has 0 spiro atoms. The zero-order valence-corrected chi connectivity index (χ0v) is 10.9. The van der Waals surface area contributed by atoms with E-state index in [0.717, 1.165) is 13.0 Å². The number of hydrogen-bond acceptors (Lipinski definition) is 2. The van der Waals surface area contributed by atoms with Crippen molar-refractivity contribution in [1.82, 2.24) is 4.90 Å². The molecule has 0 aromatic carbocycles. The van der Waals surface area contributed by atoms with Crippen LogP contribution in [0.2, 0.25) is 0 Å². The van der Waals surface area contributed by atoms with E-state index in [0.29, 0.717) is 11.3 Å². The fourth-order valence-corrected chi connectivity index (χ4v) is 3.19. The van der Waals surface area contributed by atoms with E-state index in [1.165, 1.54) is 45.2 Å². The summed E-state index contributed by atoms with van der Waals surface area (Å²) in [4.78, 5) is 2.58. The van der Waals surface area contributed by atoms with Gasteiger partial charge in [-0.15, -0.1) is 0 Å². The smallest absolute Gasteiger partial charge is 0.0580 e. The monoisotopic (exact) mass is 225 g/mol. The van der Waals surface area contributed by atoms with Crippen LogP contribution >= 0.6 is 0 Å². The SMILES string of the molecule is CCC1(C)CCN(CC2CCCC2O)CC1. The summed E-state index contributed by atoms with van der Waals surface area (Å²) >= 11 is 0. The maximum atomic E-state index is 9.84. The molecule has 16 heavy (non-hydrogen) atoms. The van der Waals surface area contributed by atoms with E-state index in [1.807, 2.05) is 0 Å². The summed E-state index contributed by atoms with van der Waals surface area (Å²) in [6, 6.07) is 0. The topological polar surface area (TPSA) is 23.5 Å². The summed E-state index contributed by atoms with van der Waals surface area (Å²) in [6.45, 7) is 8.37. The third kappa shape index (κ3) is 2.78. The Hall–Kier alpha value is -0.0800. The fourth-order valence-electron chi connectivity index (χ4n) is 3.19. The molecule has 0 radical (unpaired) electrons. The van der Waals surface area contributed by atoms with Crippen molar-refractivity contribution in [3.63, 3.8) is 0 Å². The zero-order valence-electron chi connectivity index (χ0n) is 10.9. The molecular weight excluding hydrogens is 198 g/mol. The Balaban J connectivity index is 1.77. The second kappa shape index (κ2) is 5.05. The van der Waals surface area contributed by atoms with Crippen molar-refractivity contribution in [2.24, 2.45) is 11.3 Å². The van der Waals surface area contributed by atoms with Gasteiger partial charge in [0.15, 0.2) is 0 Å². The van der Waals surface area contributed by atoms with Crippen molar-refractivity contribution in [1.29, 1.82) is 0 Å². The largest absolute Gasteiger partial charge is 0.393 e. The minimum atomic E-state index is -0.0144. The van der Waals surface area contributed by atoms with E-state index in [4.69, 9.17) is 0 Å². The van der Waals surface area contributed by atoms with Crippen molar-refractivity contribution >= 4 is 0 Å². The lowest BCUT2D eigenvalue weighted by Crippen LogP contribution is -2.41. The van der Waals surface area contributed by atoms with Crippen molar-refractivity contribution in [3.8, 4) is 0 Å². The van der Waals surface area contributed by atoms with Crippen molar-refractivity contribution in [3.05, 3.63) is 0 Å². The van der Waals surface area contributed by atoms with Gasteiger partial charge in [-0.3, -0.25) is 0 Å². The number of piperidine rings is 1. The molecule has 1 aliphatic heterocycles. The van der Waals surface area contributed by atoms with Gasteiger partial charge in [-0.1, -0.05) is 26.7 Å². The standard InChI is InChI=1S/C14H27NO/c1-3-14(2)7-9-15(10-8-14)11-12-5-4-6-13(12)16/h12-13,16H,3-11H2,1-2H3. The average Bonchev–Trinajstić information content (AvgIpc) is 2.68. The summed E-state index contributed by atoms with van der Waals surface area (Å²) in [5.41, 5.74) is 0.588. The number of aliphatic hydroxyl groups is 1. The molecule has 0 bridgehead atoms. The second-order valence-corrected chi connectivity index (χ2v) is 6.22. The van der Waals surface area contributed by atoms with E-state index in [1.54, 1.807) is 0 Å². The van der Waals surface area contributed by atoms with Crippen LogP contribution in [0, 0.1) is 11.3 Å². The Morgan fingerprint density at radius 2 is 1.94 bits per heavy atom. The van der Waals surface area contributed by atoms with E-state index in [-0.39, 0.29) is 6.10 Å². The molecule has 1 heterocycles. The molecule has 2 aliphatic rings. The van der Waals surface area contributed by atoms with E-state index in [2.05, 4.69) is 18.7 Å². The lowest BCUT2D eigenvalue weighted by atomic mass is 9.78. The van der Waals surface area contributed by atoms with E-state index in [9.17, 15) is 5.11 Å². The van der Waals surface area contributed by atoms with Crippen molar-refractivity contribution in [2.45, 2.75) is 58.5 Å². The van der Waals surface area contributed by atoms with Gasteiger partial charge in [0.2, 0.25) is 0 Å². The van der Waals surface area contributed by atoms with E-state index < -0.39 is 0 Å². The van der Waals surface area contributed by atoms with Gasteiger partial charge in [0.05, 0.1) is 6.10 Å². The van der Waals surface area contributed by atoms with Crippen LogP contribution in [-0.2, 0) is 0 Å². The number of rotatable bonds is 3. The lowest BCUT2D eigenvalue weighted by Gasteiger charge is -2.40. The third-order valence-electron chi connectivity index (χ3n) is 5.03. The zero-order chi connectivity index (χ0) is 11.6. The highest BCUT2D eigenvalue weighted by molar-refractivity contribution is 4.85. The summed E-state index contributed by atoms with van der Waals surface area (Å²) in [6.07, 6.45) is 7.48. The molecule has 1 aliphatic carbocycles. The quantitative estimate of drug-likeness (QED) is 0.798. The maximum Gasteiger partial charge on any atom is 0.0580 e. The molecule has 2 atom stereocenters. The van der Waals surface area contributed by atoms with Gasteiger partial charge in [-0.05, 0) is 50.1 Å². The molecule has 0 aromatic rings. The molecule has 2 rings (SSSR count). The van der Waals surface area contributed by atoms with Gasteiger partial charge in [0.25, 0.3) is 0 Å². The van der Waals surface area contributed by atoms with Crippen LogP contribution < -0.4 is 0 Å². The van der Waals surface area contributed by atoms with Crippen LogP contribution in [0.25, 0.3) is 0 Å². The van der Waals surface area contributed by atoms with Crippen molar-refractivity contribution in [2.75, 3.05) is 19.6 Å². The van der Waals surface area contributed by atoms with Gasteiger partial charge in [0.1, 0.15) is 0 Å². The minimum absolute atomic E-state index is 0.0144. The molecule has 1 N–H and O–H groups in total. The molecule has 0 amide bonds. The summed E-state index contributed by atoms with van der Waals surface area (Å²) in [5, 5.41) is 9.84. The molecule has 94 valence electrons. The van der Waals surface area contributed by atoms with Gasteiger partial charge in [-0.25, -0.2) is 0 Å². The van der Waals surface area contributed by atoms with Crippen LogP contribution in [-0.4, -0.2) is 35.7 Å². The first-order chi connectivity index (χ1) is 7.63. The third-order valence-corrected chi connectivity index (χ3v) is 5.03. The summed E-state index contributed by atoms with van der Waals surface area (Å²) < 4.78 is 0. The molecule has 1 saturated carbocycles. The number of aliphatic hydroxyl groups excluding tert-OH is 1. The number of likely N-dealkylation sites (tertiary alicyclic amines) is 1. The first kappa shape index (κ1) is 12.4. The van der Waals surface area contributed by atoms with Crippen LogP contribution in [0.15, 0.2) is 0 Å². The van der Waals surface area contributed by atoms with Gasteiger partial charge in [0, 0.05) is 6.54 Å². The Kier molecular flexibility index (Phi) is 3.91. The summed E-state index contributed by atoms with van der Waals surface area (Å²) in [7, 11) is 0. The Bertz CT molecular complexity index is 221. The highest BCUT2D eigenvalue weighted by Crippen LogP contribution is 2.35. The van der Waals surface area contributed by atoms with Crippen LogP contribution in [0.3, 0.4) is 0 Å². The minimum Gasteiger partial charge on any atom is -0.393 e. The predicted molar refractivity (Wildman–Crippen MR) is 67.4 cm³/mol. The van der Waals surface area contributed by atoms with Gasteiger partial charge in [-0.2, -0.15) is 0 Å². The number of hydrogen-bond donors (Lipinski definition) is 1. The highest BCUT2D eigenvalue weighted by atomic mass is 16.3. The first-order valence-electron chi connectivity index (χ1n) is 7.03. The predicted octanol–water partition coefficient (Wildman–Crippen LogP) is 2.66. The maximum absolute atomic E-state index is 9.84. The van der Waals surface area contributed by atoms with Crippen molar-refractivity contribution < 1.29 is 5.11 Å². The average molecular weight is 225 g/mol. The van der Waals surface area contributed by atoms with E-state index >= 15 is 0 Å². The van der Waals surface area contributed by atoms with Crippen LogP contribution in [0.1, 0.15) is 52.4 Å². The molecular formula is C14H27NO. The summed E-state index contributed by atoms with van der Waals surface area (Å²) in [5.74, 6) is 0.561. The molecule has 2 fully saturated rings. The number of nitrogens with zero attached hydrogens (tertiary/aromatic N) is 1. The molecule has 2 nitrogen and oxygen atoms in total. The highest BCUT2D eigenvalue weighted by Gasteiger charge is 2.32. The molecule has 2 unspecified atom stereocenters. The van der Waals surface area contributed by atoms with Crippen LogP contribution in [0.5, 0.6) is 0 Å². The molecule has 0 aromatic heterocycles. The van der Waals surface area contributed by atoms with Gasteiger partial charge < -0.3 is 10.0 Å². The Labute approximate surface area is 100 Å². The normalized spacial score (nSPS) is 35.4. The first-order valence-corrected chi connectivity index (χ1v) is 7.03. The van der Waals surface area contributed by atoms with Crippen LogP contribution in [0.4, 0.5) is 0 Å². The Morgan fingerprint density at radius 1 is 1.25 bits per heavy atom. The lowest BCUT2D eigenvalue weighted by molar-refractivity contribution is 0.0656. The molecule has 1 saturated heterocycles.